The average molecular weight is 286 g/mol. The van der Waals surface area contributed by atoms with E-state index in [4.69, 9.17) is 0 Å². The molecule has 0 aromatic heterocycles. The Bertz CT molecular complexity index is 386. The van der Waals surface area contributed by atoms with Crippen molar-refractivity contribution in [3.63, 3.8) is 0 Å². The van der Waals surface area contributed by atoms with E-state index in [0.29, 0.717) is 11.0 Å². The lowest BCUT2D eigenvalue weighted by atomic mass is 9.98. The average Bonchev–Trinajstić information content (AvgIpc) is 3.04. The highest BCUT2D eigenvalue weighted by Crippen LogP contribution is 2.39. The van der Waals surface area contributed by atoms with Gasteiger partial charge in [-0.2, -0.15) is 0 Å². The number of rotatable bonds is 4. The third-order valence-electron chi connectivity index (χ3n) is 3.36. The molecule has 16 heavy (non-hydrogen) atoms. The Balaban J connectivity index is 2.01. The van der Waals surface area contributed by atoms with Gasteiger partial charge in [-0.25, -0.2) is 4.39 Å². The summed E-state index contributed by atoms with van der Waals surface area (Å²) in [6, 6.07) is 5.17. The van der Waals surface area contributed by atoms with Gasteiger partial charge in [0.25, 0.3) is 0 Å². The van der Waals surface area contributed by atoms with Crippen LogP contribution in [0.3, 0.4) is 0 Å². The molecule has 0 bridgehead atoms. The molecular weight excluding hydrogens is 269 g/mol. The Labute approximate surface area is 105 Å². The fourth-order valence-corrected chi connectivity index (χ4v) is 2.36. The van der Waals surface area contributed by atoms with Gasteiger partial charge in [0.15, 0.2) is 0 Å². The van der Waals surface area contributed by atoms with Crippen molar-refractivity contribution in [2.45, 2.75) is 38.8 Å². The molecule has 0 atom stereocenters. The maximum Gasteiger partial charge on any atom is 0.137 e. The molecule has 2 rings (SSSR count). The molecule has 1 aliphatic carbocycles. The lowest BCUT2D eigenvalue weighted by Gasteiger charge is -2.26. The molecule has 1 aromatic carbocycles. The van der Waals surface area contributed by atoms with Gasteiger partial charge in [-0.15, -0.1) is 0 Å². The first-order chi connectivity index (χ1) is 7.50. The first-order valence-corrected chi connectivity index (χ1v) is 6.48. The Hall–Kier alpha value is -0.410. The Morgan fingerprint density at radius 1 is 1.44 bits per heavy atom. The van der Waals surface area contributed by atoms with E-state index in [1.165, 1.54) is 18.9 Å². The topological polar surface area (TPSA) is 12.0 Å². The molecule has 0 spiro atoms. The Kier molecular flexibility index (Phi) is 3.36. The van der Waals surface area contributed by atoms with E-state index in [-0.39, 0.29) is 11.4 Å². The molecule has 1 saturated carbocycles. The zero-order chi connectivity index (χ0) is 11.8. The Morgan fingerprint density at radius 2 is 2.12 bits per heavy atom. The van der Waals surface area contributed by atoms with E-state index in [1.54, 1.807) is 6.07 Å². The number of hydrogen-bond acceptors (Lipinski definition) is 1. The summed E-state index contributed by atoms with van der Waals surface area (Å²) in [5.74, 6) is 0.586. The number of halogens is 2. The maximum atomic E-state index is 13.3. The third kappa shape index (κ3) is 2.64. The summed E-state index contributed by atoms with van der Waals surface area (Å²) in [6.45, 7) is 5.15. The highest BCUT2D eigenvalue weighted by atomic mass is 79.9. The molecule has 0 radical (unpaired) electrons. The van der Waals surface area contributed by atoms with E-state index >= 15 is 0 Å². The van der Waals surface area contributed by atoms with E-state index in [9.17, 15) is 4.39 Å². The van der Waals surface area contributed by atoms with Gasteiger partial charge in [0.05, 0.1) is 4.47 Å². The van der Waals surface area contributed by atoms with Crippen LogP contribution in [0.4, 0.5) is 4.39 Å². The first kappa shape index (κ1) is 12.1. The maximum absolute atomic E-state index is 13.3. The first-order valence-electron chi connectivity index (χ1n) is 5.68. The van der Waals surface area contributed by atoms with Gasteiger partial charge < -0.3 is 5.32 Å². The molecule has 1 nitrogen and oxygen atoms in total. The fourth-order valence-electron chi connectivity index (χ4n) is 1.96. The van der Waals surface area contributed by atoms with Gasteiger partial charge in [-0.3, -0.25) is 0 Å². The van der Waals surface area contributed by atoms with Crippen LogP contribution in [0.5, 0.6) is 0 Å². The summed E-state index contributed by atoms with van der Waals surface area (Å²) in [4.78, 5) is 0. The molecule has 0 unspecified atom stereocenters. The van der Waals surface area contributed by atoms with Crippen LogP contribution < -0.4 is 5.32 Å². The Morgan fingerprint density at radius 3 is 2.75 bits per heavy atom. The van der Waals surface area contributed by atoms with E-state index in [2.05, 4.69) is 35.1 Å². The van der Waals surface area contributed by atoms with E-state index in [0.717, 1.165) is 11.5 Å². The minimum Gasteiger partial charge on any atom is -0.307 e. The number of nitrogens with one attached hydrogen (secondary N) is 1. The standard InChI is InChI=1S/C13H17BrFN/c1-13(2,10-6-7-10)16-8-9-4-3-5-11(15)12(9)14/h3-5,10,16H,6-8H2,1-2H3. The molecular formula is C13H17BrFN. The SMILES string of the molecule is CC(C)(NCc1cccc(F)c1Br)C1CC1. The van der Waals surface area contributed by atoms with Crippen LogP contribution in [0.1, 0.15) is 32.3 Å². The summed E-state index contributed by atoms with van der Waals surface area (Å²) in [7, 11) is 0. The van der Waals surface area contributed by atoms with Gasteiger partial charge in [0.2, 0.25) is 0 Å². The molecule has 1 aromatic rings. The van der Waals surface area contributed by atoms with Crippen molar-refractivity contribution >= 4 is 15.9 Å². The molecule has 0 saturated heterocycles. The van der Waals surface area contributed by atoms with Crippen molar-refractivity contribution in [2.75, 3.05) is 0 Å². The molecule has 88 valence electrons. The van der Waals surface area contributed by atoms with Crippen LogP contribution in [-0.2, 0) is 6.54 Å². The third-order valence-corrected chi connectivity index (χ3v) is 4.25. The summed E-state index contributed by atoms with van der Waals surface area (Å²) in [6.07, 6.45) is 2.62. The minimum atomic E-state index is -0.191. The fraction of sp³-hybridized carbons (Fsp3) is 0.538. The van der Waals surface area contributed by atoms with Gasteiger partial charge in [-0.1, -0.05) is 12.1 Å². The van der Waals surface area contributed by atoms with Gasteiger partial charge in [-0.05, 0) is 60.2 Å². The van der Waals surface area contributed by atoms with Gasteiger partial charge >= 0.3 is 0 Å². The lowest BCUT2D eigenvalue weighted by Crippen LogP contribution is -2.40. The zero-order valence-electron chi connectivity index (χ0n) is 9.69. The lowest BCUT2D eigenvalue weighted by molar-refractivity contribution is 0.339. The molecule has 3 heteroatoms. The van der Waals surface area contributed by atoms with Crippen molar-refractivity contribution in [3.8, 4) is 0 Å². The van der Waals surface area contributed by atoms with Crippen LogP contribution in [-0.4, -0.2) is 5.54 Å². The summed E-state index contributed by atoms with van der Waals surface area (Å²) in [5, 5.41) is 3.51. The predicted molar refractivity (Wildman–Crippen MR) is 67.7 cm³/mol. The van der Waals surface area contributed by atoms with E-state index < -0.39 is 0 Å². The normalized spacial score (nSPS) is 16.5. The number of hydrogen-bond donors (Lipinski definition) is 1. The van der Waals surface area contributed by atoms with Crippen molar-refractivity contribution in [1.82, 2.24) is 5.32 Å². The van der Waals surface area contributed by atoms with Crippen molar-refractivity contribution in [3.05, 3.63) is 34.1 Å². The van der Waals surface area contributed by atoms with Crippen LogP contribution in [0.15, 0.2) is 22.7 Å². The molecule has 1 fully saturated rings. The summed E-state index contributed by atoms with van der Waals surface area (Å²) in [5.41, 5.74) is 1.14. The highest BCUT2D eigenvalue weighted by molar-refractivity contribution is 9.10. The van der Waals surface area contributed by atoms with Crippen LogP contribution in [0.25, 0.3) is 0 Å². The van der Waals surface area contributed by atoms with Crippen LogP contribution >= 0.6 is 15.9 Å². The second-order valence-corrected chi connectivity index (χ2v) is 5.86. The number of benzene rings is 1. The summed E-state index contributed by atoms with van der Waals surface area (Å²) < 4.78 is 13.9. The van der Waals surface area contributed by atoms with Crippen LogP contribution in [0.2, 0.25) is 0 Å². The van der Waals surface area contributed by atoms with Gasteiger partial charge in [0, 0.05) is 12.1 Å². The summed E-state index contributed by atoms with van der Waals surface area (Å²) >= 11 is 3.29. The second kappa shape index (κ2) is 4.46. The monoisotopic (exact) mass is 285 g/mol. The zero-order valence-corrected chi connectivity index (χ0v) is 11.3. The van der Waals surface area contributed by atoms with E-state index in [1.807, 2.05) is 6.07 Å². The van der Waals surface area contributed by atoms with Crippen molar-refractivity contribution in [2.24, 2.45) is 5.92 Å². The largest absolute Gasteiger partial charge is 0.307 e. The van der Waals surface area contributed by atoms with Crippen LogP contribution in [0, 0.1) is 11.7 Å². The molecule has 1 aliphatic rings. The minimum absolute atomic E-state index is 0.158. The quantitative estimate of drug-likeness (QED) is 0.886. The van der Waals surface area contributed by atoms with Crippen molar-refractivity contribution in [1.29, 1.82) is 0 Å². The molecule has 0 heterocycles. The molecule has 0 aliphatic heterocycles. The highest BCUT2D eigenvalue weighted by Gasteiger charge is 2.37. The molecule has 1 N–H and O–H groups in total. The predicted octanol–water partition coefficient (Wildman–Crippen LogP) is 3.87. The second-order valence-electron chi connectivity index (χ2n) is 5.06. The van der Waals surface area contributed by atoms with Gasteiger partial charge in [0.1, 0.15) is 5.82 Å². The smallest absolute Gasteiger partial charge is 0.137 e. The molecule has 0 amide bonds. The van der Waals surface area contributed by atoms with Crippen molar-refractivity contribution < 1.29 is 4.39 Å².